The lowest BCUT2D eigenvalue weighted by atomic mass is 9.82. The highest BCUT2D eigenvalue weighted by Crippen LogP contribution is 2.48. The summed E-state index contributed by atoms with van der Waals surface area (Å²) in [6.45, 7) is 0. The SMILES string of the molecule is COc1ccc(-c2[nH]nc3c2[C@H](c2cc(I)cc(I)c2O)C(C#N)=C(N)O3)cc1. The third-order valence-electron chi connectivity index (χ3n) is 4.69. The van der Waals surface area contributed by atoms with Crippen molar-refractivity contribution in [2.45, 2.75) is 5.92 Å². The van der Waals surface area contributed by atoms with Crippen molar-refractivity contribution < 1.29 is 14.6 Å². The van der Waals surface area contributed by atoms with Crippen molar-refractivity contribution in [2.75, 3.05) is 7.11 Å². The molecule has 3 aromatic rings. The maximum atomic E-state index is 10.8. The maximum Gasteiger partial charge on any atom is 0.244 e. The minimum absolute atomic E-state index is 0.0222. The number of aromatic nitrogens is 2. The highest BCUT2D eigenvalue weighted by atomic mass is 127. The first-order chi connectivity index (χ1) is 13.9. The van der Waals surface area contributed by atoms with E-state index in [0.29, 0.717) is 20.4 Å². The number of aromatic hydroxyl groups is 1. The van der Waals surface area contributed by atoms with Gasteiger partial charge in [-0.25, -0.2) is 0 Å². The smallest absolute Gasteiger partial charge is 0.244 e. The minimum atomic E-state index is -0.622. The van der Waals surface area contributed by atoms with Crippen LogP contribution in [0.3, 0.4) is 0 Å². The Hall–Kier alpha value is -2.46. The number of hydrogen-bond donors (Lipinski definition) is 3. The van der Waals surface area contributed by atoms with Crippen LogP contribution in [0.25, 0.3) is 11.3 Å². The molecule has 0 aliphatic carbocycles. The number of allylic oxidation sites excluding steroid dienone is 1. The maximum absolute atomic E-state index is 10.8. The van der Waals surface area contributed by atoms with E-state index in [1.54, 1.807) is 7.11 Å². The Balaban J connectivity index is 1.97. The van der Waals surface area contributed by atoms with Crippen LogP contribution in [0.15, 0.2) is 47.9 Å². The van der Waals surface area contributed by atoms with E-state index in [-0.39, 0.29) is 23.1 Å². The van der Waals surface area contributed by atoms with Gasteiger partial charge in [0, 0.05) is 14.7 Å². The van der Waals surface area contributed by atoms with Gasteiger partial charge in [-0.3, -0.25) is 5.10 Å². The predicted octanol–water partition coefficient (Wildman–Crippen LogP) is 4.22. The molecule has 0 spiro atoms. The lowest BCUT2D eigenvalue weighted by Gasteiger charge is -2.25. The second-order valence-electron chi connectivity index (χ2n) is 6.30. The number of hydrogen-bond acceptors (Lipinski definition) is 6. The number of nitrogens with zero attached hydrogens (tertiary/aromatic N) is 2. The van der Waals surface area contributed by atoms with Crippen LogP contribution in [0.1, 0.15) is 17.0 Å². The molecule has 2 heterocycles. The lowest BCUT2D eigenvalue weighted by Crippen LogP contribution is -2.21. The number of nitriles is 1. The predicted molar refractivity (Wildman–Crippen MR) is 123 cm³/mol. The van der Waals surface area contributed by atoms with Gasteiger partial charge in [0.25, 0.3) is 0 Å². The van der Waals surface area contributed by atoms with Gasteiger partial charge in [-0.2, -0.15) is 5.26 Å². The Morgan fingerprint density at radius 2 is 2.00 bits per heavy atom. The van der Waals surface area contributed by atoms with Gasteiger partial charge in [0.1, 0.15) is 23.1 Å². The first-order valence-corrected chi connectivity index (χ1v) is 10.6. The van der Waals surface area contributed by atoms with Gasteiger partial charge in [0.15, 0.2) is 0 Å². The van der Waals surface area contributed by atoms with Crippen LogP contribution in [-0.2, 0) is 0 Å². The van der Waals surface area contributed by atoms with Crippen LogP contribution in [-0.4, -0.2) is 22.4 Å². The monoisotopic (exact) mass is 612 g/mol. The van der Waals surface area contributed by atoms with Crippen LogP contribution >= 0.6 is 45.2 Å². The molecular weight excluding hydrogens is 598 g/mol. The van der Waals surface area contributed by atoms with E-state index in [0.717, 1.165) is 14.9 Å². The third kappa shape index (κ3) is 3.40. The number of nitrogens with one attached hydrogen (secondary N) is 1. The van der Waals surface area contributed by atoms with E-state index in [9.17, 15) is 10.4 Å². The number of nitrogens with two attached hydrogens (primary N) is 1. The van der Waals surface area contributed by atoms with Crippen molar-refractivity contribution in [2.24, 2.45) is 5.73 Å². The molecule has 0 saturated heterocycles. The van der Waals surface area contributed by atoms with E-state index in [1.807, 2.05) is 36.4 Å². The quantitative estimate of drug-likeness (QED) is 0.382. The molecule has 1 aliphatic rings. The zero-order valence-corrected chi connectivity index (χ0v) is 19.3. The number of halogens is 2. The average molecular weight is 612 g/mol. The highest BCUT2D eigenvalue weighted by molar-refractivity contribution is 14.1. The lowest BCUT2D eigenvalue weighted by molar-refractivity contribution is 0.377. The number of ether oxygens (including phenoxy) is 2. The van der Waals surface area contributed by atoms with Crippen molar-refractivity contribution in [3.63, 3.8) is 0 Å². The molecule has 0 saturated carbocycles. The van der Waals surface area contributed by atoms with Crippen molar-refractivity contribution in [3.8, 4) is 34.7 Å². The Bertz CT molecular complexity index is 1180. The third-order valence-corrected chi connectivity index (χ3v) is 6.13. The molecule has 9 heteroatoms. The topological polar surface area (TPSA) is 117 Å². The second-order valence-corrected chi connectivity index (χ2v) is 8.70. The van der Waals surface area contributed by atoms with Crippen LogP contribution in [0.2, 0.25) is 0 Å². The Morgan fingerprint density at radius 3 is 2.66 bits per heavy atom. The summed E-state index contributed by atoms with van der Waals surface area (Å²) < 4.78 is 12.5. The number of rotatable bonds is 3. The van der Waals surface area contributed by atoms with Gasteiger partial charge in [-0.15, -0.1) is 5.10 Å². The summed E-state index contributed by atoms with van der Waals surface area (Å²) in [5, 5.41) is 27.9. The van der Waals surface area contributed by atoms with E-state index in [2.05, 4.69) is 61.4 Å². The number of phenols is 1. The van der Waals surface area contributed by atoms with Gasteiger partial charge in [-0.1, -0.05) is 0 Å². The molecule has 7 nitrogen and oxygen atoms in total. The molecule has 0 unspecified atom stereocenters. The van der Waals surface area contributed by atoms with Crippen LogP contribution in [0.5, 0.6) is 17.4 Å². The van der Waals surface area contributed by atoms with Crippen molar-refractivity contribution >= 4 is 45.2 Å². The van der Waals surface area contributed by atoms with E-state index in [1.165, 1.54) is 0 Å². The second kappa shape index (κ2) is 7.75. The summed E-state index contributed by atoms with van der Waals surface area (Å²) in [5.74, 6) is 0.465. The fourth-order valence-electron chi connectivity index (χ4n) is 3.34. The molecule has 4 rings (SSSR count). The van der Waals surface area contributed by atoms with Crippen molar-refractivity contribution in [1.29, 1.82) is 5.26 Å². The molecular formula is C20H14I2N4O3. The molecule has 0 bridgehead atoms. The zero-order valence-electron chi connectivity index (χ0n) is 15.0. The Kier molecular flexibility index (Phi) is 5.30. The number of phenolic OH excluding ortho intramolecular Hbond substituents is 1. The highest BCUT2D eigenvalue weighted by Gasteiger charge is 2.37. The first kappa shape index (κ1) is 19.8. The fraction of sp³-hybridized carbons (Fsp3) is 0.100. The molecule has 0 fully saturated rings. The van der Waals surface area contributed by atoms with E-state index >= 15 is 0 Å². The number of benzene rings is 2. The van der Waals surface area contributed by atoms with Gasteiger partial charge in [0.2, 0.25) is 11.8 Å². The minimum Gasteiger partial charge on any atom is -0.507 e. The summed E-state index contributed by atoms with van der Waals surface area (Å²) in [7, 11) is 1.60. The molecule has 4 N–H and O–H groups in total. The van der Waals surface area contributed by atoms with Crippen LogP contribution in [0, 0.1) is 18.5 Å². The van der Waals surface area contributed by atoms with E-state index < -0.39 is 5.92 Å². The fourth-order valence-corrected chi connectivity index (χ4v) is 5.23. The molecule has 2 aromatic carbocycles. The molecule has 1 atom stereocenters. The van der Waals surface area contributed by atoms with Gasteiger partial charge in [-0.05, 0) is 81.6 Å². The normalized spacial score (nSPS) is 15.4. The number of aromatic amines is 1. The number of methoxy groups -OCH3 is 1. The summed E-state index contributed by atoms with van der Waals surface area (Å²) in [5.41, 5.74) is 8.99. The molecule has 0 radical (unpaired) electrons. The Labute approximate surface area is 193 Å². The Morgan fingerprint density at radius 1 is 1.28 bits per heavy atom. The molecule has 146 valence electrons. The molecule has 29 heavy (non-hydrogen) atoms. The summed E-state index contributed by atoms with van der Waals surface area (Å²) in [6, 6.07) is 13.3. The largest absolute Gasteiger partial charge is 0.507 e. The summed E-state index contributed by atoms with van der Waals surface area (Å²) in [4.78, 5) is 0. The molecule has 1 aromatic heterocycles. The number of fused-ring (bicyclic) bond motifs is 1. The van der Waals surface area contributed by atoms with Crippen molar-refractivity contribution in [1.82, 2.24) is 10.2 Å². The van der Waals surface area contributed by atoms with Gasteiger partial charge in [0.05, 0.1) is 27.9 Å². The average Bonchev–Trinajstić information content (AvgIpc) is 3.13. The first-order valence-electron chi connectivity index (χ1n) is 8.42. The standard InChI is InChI=1S/C20H14I2N4O3/c1-28-11-4-2-9(3-5-11)17-16-15(12-6-10(21)7-14(22)18(12)27)13(8-23)19(24)29-20(16)26-25-17/h2-7,15,27H,24H2,1H3,(H,25,26)/t15-/m1/s1. The molecule has 1 aliphatic heterocycles. The van der Waals surface area contributed by atoms with Gasteiger partial charge >= 0.3 is 0 Å². The van der Waals surface area contributed by atoms with E-state index in [4.69, 9.17) is 15.2 Å². The zero-order chi connectivity index (χ0) is 20.7. The van der Waals surface area contributed by atoms with Crippen LogP contribution in [0.4, 0.5) is 0 Å². The summed E-state index contributed by atoms with van der Waals surface area (Å²) in [6.07, 6.45) is 0. The summed E-state index contributed by atoms with van der Waals surface area (Å²) >= 11 is 4.25. The number of H-pyrrole nitrogens is 1. The van der Waals surface area contributed by atoms with Gasteiger partial charge < -0.3 is 20.3 Å². The van der Waals surface area contributed by atoms with Crippen LogP contribution < -0.4 is 15.2 Å². The molecule has 0 amide bonds. The van der Waals surface area contributed by atoms with Crippen molar-refractivity contribution in [3.05, 3.63) is 66.1 Å².